The Hall–Kier alpha value is -1.56. The highest BCUT2D eigenvalue weighted by Crippen LogP contribution is 2.33. The molecule has 0 amide bonds. The maximum absolute atomic E-state index is 9.70. The first-order chi connectivity index (χ1) is 10.2. The summed E-state index contributed by atoms with van der Waals surface area (Å²) >= 11 is 0. The van der Waals surface area contributed by atoms with E-state index in [1.54, 1.807) is 0 Å². The summed E-state index contributed by atoms with van der Waals surface area (Å²) in [6.45, 7) is 6.60. The van der Waals surface area contributed by atoms with Crippen molar-refractivity contribution in [3.63, 3.8) is 0 Å². The molecule has 0 bridgehead atoms. The molecule has 1 aromatic heterocycles. The van der Waals surface area contributed by atoms with E-state index >= 15 is 0 Å². The van der Waals surface area contributed by atoms with Crippen LogP contribution in [-0.2, 0) is 19.3 Å². The van der Waals surface area contributed by atoms with E-state index in [1.807, 2.05) is 0 Å². The fourth-order valence-electron chi connectivity index (χ4n) is 3.74. The van der Waals surface area contributed by atoms with Crippen molar-refractivity contribution in [1.29, 1.82) is 5.26 Å². The summed E-state index contributed by atoms with van der Waals surface area (Å²) < 4.78 is 0. The van der Waals surface area contributed by atoms with Crippen molar-refractivity contribution in [2.75, 3.05) is 18.0 Å². The van der Waals surface area contributed by atoms with E-state index in [4.69, 9.17) is 4.98 Å². The van der Waals surface area contributed by atoms with Gasteiger partial charge in [0.2, 0.25) is 0 Å². The van der Waals surface area contributed by atoms with E-state index in [-0.39, 0.29) is 0 Å². The maximum Gasteiger partial charge on any atom is 0.147 e. The number of fused-ring (bicyclic) bond motifs is 1. The van der Waals surface area contributed by atoms with E-state index in [0.717, 1.165) is 49.7 Å². The predicted molar refractivity (Wildman–Crippen MR) is 85.6 cm³/mol. The predicted octanol–water partition coefficient (Wildman–Crippen LogP) is 3.63. The van der Waals surface area contributed by atoms with Crippen LogP contribution in [0.3, 0.4) is 0 Å². The second kappa shape index (κ2) is 6.05. The molecule has 3 rings (SSSR count). The lowest BCUT2D eigenvalue weighted by Gasteiger charge is -2.33. The van der Waals surface area contributed by atoms with Crippen LogP contribution in [0.1, 0.15) is 61.9 Å². The number of piperidine rings is 1. The number of anilines is 1. The summed E-state index contributed by atoms with van der Waals surface area (Å²) in [4.78, 5) is 7.28. The van der Waals surface area contributed by atoms with Crippen molar-refractivity contribution >= 4 is 5.82 Å². The third-order valence-electron chi connectivity index (χ3n) is 5.11. The summed E-state index contributed by atoms with van der Waals surface area (Å²) in [7, 11) is 0. The Morgan fingerprint density at radius 3 is 2.48 bits per heavy atom. The highest BCUT2D eigenvalue weighted by atomic mass is 15.2. The molecule has 0 aromatic carbocycles. The molecule has 0 spiro atoms. The molecule has 1 aromatic rings. The molecule has 1 aliphatic carbocycles. The molecule has 0 N–H and O–H groups in total. The van der Waals surface area contributed by atoms with Crippen LogP contribution in [0.4, 0.5) is 5.82 Å². The van der Waals surface area contributed by atoms with Crippen LogP contribution in [0.25, 0.3) is 0 Å². The SMILES string of the molecule is CCc1nc(N2CCC(C)CC2)c(C#N)c2c1CCCC2. The number of pyridine rings is 1. The number of aryl methyl sites for hydroxylation is 1. The van der Waals surface area contributed by atoms with Gasteiger partial charge < -0.3 is 4.90 Å². The molecule has 1 aliphatic heterocycles. The normalized spacial score (nSPS) is 19.2. The first-order valence-corrected chi connectivity index (χ1v) is 8.44. The van der Waals surface area contributed by atoms with Crippen LogP contribution in [0, 0.1) is 17.2 Å². The maximum atomic E-state index is 9.70. The van der Waals surface area contributed by atoms with Crippen LogP contribution in [0.2, 0.25) is 0 Å². The summed E-state index contributed by atoms with van der Waals surface area (Å²) in [6.07, 6.45) is 8.03. The van der Waals surface area contributed by atoms with Gasteiger partial charge in [0, 0.05) is 18.8 Å². The van der Waals surface area contributed by atoms with Gasteiger partial charge in [-0.1, -0.05) is 13.8 Å². The zero-order valence-corrected chi connectivity index (χ0v) is 13.3. The van der Waals surface area contributed by atoms with Gasteiger partial charge in [0.25, 0.3) is 0 Å². The Morgan fingerprint density at radius 1 is 1.19 bits per heavy atom. The first-order valence-electron chi connectivity index (χ1n) is 8.44. The van der Waals surface area contributed by atoms with Gasteiger partial charge in [0.05, 0.1) is 5.56 Å². The van der Waals surface area contributed by atoms with Gasteiger partial charge in [-0.15, -0.1) is 0 Å². The molecule has 2 heterocycles. The lowest BCUT2D eigenvalue weighted by atomic mass is 9.86. The lowest BCUT2D eigenvalue weighted by Crippen LogP contribution is -2.34. The molecule has 112 valence electrons. The van der Waals surface area contributed by atoms with Crippen molar-refractivity contribution in [1.82, 2.24) is 4.98 Å². The van der Waals surface area contributed by atoms with Gasteiger partial charge in [-0.3, -0.25) is 0 Å². The van der Waals surface area contributed by atoms with Crippen LogP contribution in [-0.4, -0.2) is 18.1 Å². The van der Waals surface area contributed by atoms with Gasteiger partial charge in [-0.25, -0.2) is 4.98 Å². The summed E-state index contributed by atoms with van der Waals surface area (Å²) in [5, 5.41) is 9.70. The monoisotopic (exact) mass is 283 g/mol. The first kappa shape index (κ1) is 14.4. The largest absolute Gasteiger partial charge is 0.355 e. The minimum absolute atomic E-state index is 0.801. The van der Waals surface area contributed by atoms with Crippen molar-refractivity contribution in [2.24, 2.45) is 5.92 Å². The number of nitrogens with zero attached hydrogens (tertiary/aromatic N) is 3. The molecule has 21 heavy (non-hydrogen) atoms. The molecule has 3 nitrogen and oxygen atoms in total. The minimum atomic E-state index is 0.801. The molecule has 3 heteroatoms. The zero-order chi connectivity index (χ0) is 14.8. The quantitative estimate of drug-likeness (QED) is 0.832. The highest BCUT2D eigenvalue weighted by molar-refractivity contribution is 5.61. The average Bonchev–Trinajstić information content (AvgIpc) is 2.54. The number of aromatic nitrogens is 1. The van der Waals surface area contributed by atoms with Gasteiger partial charge in [0.1, 0.15) is 11.9 Å². The Kier molecular flexibility index (Phi) is 4.14. The lowest BCUT2D eigenvalue weighted by molar-refractivity contribution is 0.436. The average molecular weight is 283 g/mol. The Balaban J connectivity index is 2.05. The Morgan fingerprint density at radius 2 is 1.86 bits per heavy atom. The third kappa shape index (κ3) is 2.64. The van der Waals surface area contributed by atoms with Gasteiger partial charge in [-0.05, 0) is 62.0 Å². The molecule has 1 fully saturated rings. The number of rotatable bonds is 2. The van der Waals surface area contributed by atoms with E-state index < -0.39 is 0 Å². The van der Waals surface area contributed by atoms with Crippen LogP contribution in [0.5, 0.6) is 0 Å². The number of hydrogen-bond acceptors (Lipinski definition) is 3. The van der Waals surface area contributed by atoms with Crippen molar-refractivity contribution in [3.05, 3.63) is 22.4 Å². The number of hydrogen-bond donors (Lipinski definition) is 0. The number of nitriles is 1. The summed E-state index contributed by atoms with van der Waals surface area (Å²) in [5.74, 6) is 1.77. The molecular weight excluding hydrogens is 258 g/mol. The fraction of sp³-hybridized carbons (Fsp3) is 0.667. The van der Waals surface area contributed by atoms with Crippen LogP contribution in [0.15, 0.2) is 0 Å². The second-order valence-electron chi connectivity index (χ2n) is 6.56. The highest BCUT2D eigenvalue weighted by Gasteiger charge is 2.25. The minimum Gasteiger partial charge on any atom is -0.355 e. The molecule has 2 aliphatic rings. The van der Waals surface area contributed by atoms with Crippen molar-refractivity contribution in [3.8, 4) is 6.07 Å². The van der Waals surface area contributed by atoms with Crippen LogP contribution < -0.4 is 4.90 Å². The summed E-state index contributed by atoms with van der Waals surface area (Å²) in [5.41, 5.74) is 4.80. The topological polar surface area (TPSA) is 39.9 Å². The van der Waals surface area contributed by atoms with Gasteiger partial charge >= 0.3 is 0 Å². The smallest absolute Gasteiger partial charge is 0.147 e. The van der Waals surface area contributed by atoms with E-state index in [9.17, 15) is 5.26 Å². The standard InChI is InChI=1S/C18H25N3/c1-3-17-15-7-5-4-6-14(15)16(12-19)18(20-17)21-10-8-13(2)9-11-21/h13H,3-11H2,1-2H3. The molecular formula is C18H25N3. The Bertz CT molecular complexity index is 563. The third-order valence-corrected chi connectivity index (χ3v) is 5.11. The second-order valence-corrected chi connectivity index (χ2v) is 6.56. The van der Waals surface area contributed by atoms with E-state index in [1.165, 1.54) is 42.5 Å². The van der Waals surface area contributed by atoms with Crippen molar-refractivity contribution in [2.45, 2.75) is 58.8 Å². The van der Waals surface area contributed by atoms with E-state index in [0.29, 0.717) is 0 Å². The van der Waals surface area contributed by atoms with Crippen LogP contribution >= 0.6 is 0 Å². The Labute approximate surface area is 128 Å². The fourth-order valence-corrected chi connectivity index (χ4v) is 3.74. The van der Waals surface area contributed by atoms with Crippen molar-refractivity contribution < 1.29 is 0 Å². The van der Waals surface area contributed by atoms with Gasteiger partial charge in [-0.2, -0.15) is 5.26 Å². The van der Waals surface area contributed by atoms with E-state index in [2.05, 4.69) is 24.8 Å². The molecule has 1 saturated heterocycles. The molecule has 0 radical (unpaired) electrons. The zero-order valence-electron chi connectivity index (χ0n) is 13.3. The molecule has 0 atom stereocenters. The molecule has 0 saturated carbocycles. The summed E-state index contributed by atoms with van der Waals surface area (Å²) in [6, 6.07) is 2.48. The molecule has 0 unspecified atom stereocenters. The van der Waals surface area contributed by atoms with Gasteiger partial charge in [0.15, 0.2) is 0 Å².